The number of allylic oxidation sites excluding steroid dienone is 1. The Morgan fingerprint density at radius 2 is 1.74 bits per heavy atom. The third kappa shape index (κ3) is 3.80. The fourth-order valence-corrected chi connectivity index (χ4v) is 4.05. The predicted molar refractivity (Wildman–Crippen MR) is 94.6 cm³/mol. The molecule has 1 aliphatic rings. The fourth-order valence-electron chi connectivity index (χ4n) is 2.61. The zero-order chi connectivity index (χ0) is 16.4. The summed E-state index contributed by atoms with van der Waals surface area (Å²) >= 11 is 0. The van der Waals surface area contributed by atoms with Crippen molar-refractivity contribution < 1.29 is 8.95 Å². The SMILES string of the molecule is Cc1ccc([S@@](=O)/C(=C/C(C)C)[C@H]2O[C@H]2c2ccccc2)cc1. The van der Waals surface area contributed by atoms with Crippen molar-refractivity contribution in [3.63, 3.8) is 0 Å². The summed E-state index contributed by atoms with van der Waals surface area (Å²) in [4.78, 5) is 1.72. The van der Waals surface area contributed by atoms with Gasteiger partial charge in [0.25, 0.3) is 0 Å². The van der Waals surface area contributed by atoms with Crippen LogP contribution in [0.15, 0.2) is 70.5 Å². The molecule has 0 saturated carbocycles. The van der Waals surface area contributed by atoms with E-state index in [0.29, 0.717) is 5.92 Å². The normalized spacial score (nSPS) is 22.2. The van der Waals surface area contributed by atoms with Crippen LogP contribution in [0.4, 0.5) is 0 Å². The molecule has 2 aromatic carbocycles. The predicted octanol–water partition coefficient (Wildman–Crippen LogP) is 4.78. The second kappa shape index (κ2) is 6.81. The van der Waals surface area contributed by atoms with Crippen LogP contribution in [0.3, 0.4) is 0 Å². The Balaban J connectivity index is 1.85. The highest BCUT2D eigenvalue weighted by Gasteiger charge is 2.45. The van der Waals surface area contributed by atoms with Gasteiger partial charge in [0.1, 0.15) is 12.2 Å². The van der Waals surface area contributed by atoms with Crippen molar-refractivity contribution in [1.82, 2.24) is 0 Å². The Bertz CT molecular complexity index is 717. The molecule has 3 atom stereocenters. The molecule has 0 unspecified atom stereocenters. The molecule has 3 heteroatoms. The van der Waals surface area contributed by atoms with Gasteiger partial charge in [0, 0.05) is 9.80 Å². The van der Waals surface area contributed by atoms with Gasteiger partial charge in [-0.25, -0.2) is 4.21 Å². The maximum Gasteiger partial charge on any atom is 0.122 e. The van der Waals surface area contributed by atoms with E-state index in [9.17, 15) is 4.21 Å². The third-order valence-electron chi connectivity index (χ3n) is 3.85. The van der Waals surface area contributed by atoms with E-state index >= 15 is 0 Å². The lowest BCUT2D eigenvalue weighted by Crippen LogP contribution is -2.05. The van der Waals surface area contributed by atoms with E-state index in [0.717, 1.165) is 15.4 Å². The first-order valence-electron chi connectivity index (χ1n) is 7.97. The molecular formula is C20H22O2S. The number of epoxide rings is 1. The number of aryl methyl sites for hydroxylation is 1. The van der Waals surface area contributed by atoms with E-state index in [1.807, 2.05) is 49.4 Å². The van der Waals surface area contributed by atoms with Crippen LogP contribution in [-0.2, 0) is 15.5 Å². The van der Waals surface area contributed by atoms with Crippen molar-refractivity contribution in [2.45, 2.75) is 37.9 Å². The van der Waals surface area contributed by atoms with Crippen LogP contribution < -0.4 is 0 Å². The molecule has 1 saturated heterocycles. The number of ether oxygens (including phenoxy) is 1. The molecular weight excluding hydrogens is 304 g/mol. The lowest BCUT2D eigenvalue weighted by atomic mass is 10.1. The molecule has 0 aliphatic carbocycles. The number of benzene rings is 2. The second-order valence-corrected chi connectivity index (χ2v) is 7.76. The first-order chi connectivity index (χ1) is 11.1. The van der Waals surface area contributed by atoms with Crippen LogP contribution in [0.2, 0.25) is 0 Å². The first kappa shape index (κ1) is 16.2. The van der Waals surface area contributed by atoms with E-state index < -0.39 is 10.8 Å². The van der Waals surface area contributed by atoms with Gasteiger partial charge in [-0.1, -0.05) is 68.0 Å². The zero-order valence-corrected chi connectivity index (χ0v) is 14.5. The smallest absolute Gasteiger partial charge is 0.122 e. The summed E-state index contributed by atoms with van der Waals surface area (Å²) in [5.74, 6) is 0.333. The molecule has 1 aliphatic heterocycles. The minimum absolute atomic E-state index is 0.0237. The Morgan fingerprint density at radius 1 is 1.09 bits per heavy atom. The standard InChI is InChI=1S/C20H22O2S/c1-14(2)13-18(23(21)17-11-9-15(3)10-12-17)20-19(22-20)16-7-5-4-6-8-16/h4-14,19-20H,1-3H3/b18-13+/t19-,20+,23+/m0/s1. The van der Waals surface area contributed by atoms with E-state index in [1.54, 1.807) is 0 Å². The topological polar surface area (TPSA) is 29.6 Å². The van der Waals surface area contributed by atoms with E-state index in [-0.39, 0.29) is 12.2 Å². The number of hydrogen-bond donors (Lipinski definition) is 0. The van der Waals surface area contributed by atoms with E-state index in [4.69, 9.17) is 4.74 Å². The molecule has 0 amide bonds. The van der Waals surface area contributed by atoms with Crippen molar-refractivity contribution in [2.24, 2.45) is 5.92 Å². The number of hydrogen-bond acceptors (Lipinski definition) is 2. The summed E-state index contributed by atoms with van der Waals surface area (Å²) in [6.07, 6.45) is 2.03. The molecule has 23 heavy (non-hydrogen) atoms. The van der Waals surface area contributed by atoms with Gasteiger partial charge in [0.05, 0.1) is 10.8 Å². The molecule has 2 nitrogen and oxygen atoms in total. The van der Waals surface area contributed by atoms with Gasteiger partial charge in [0.2, 0.25) is 0 Å². The van der Waals surface area contributed by atoms with E-state index in [2.05, 4.69) is 32.1 Å². The fraction of sp³-hybridized carbons (Fsp3) is 0.300. The van der Waals surface area contributed by atoms with Crippen molar-refractivity contribution in [3.05, 3.63) is 76.7 Å². The van der Waals surface area contributed by atoms with Crippen molar-refractivity contribution in [1.29, 1.82) is 0 Å². The van der Waals surface area contributed by atoms with Crippen LogP contribution in [0, 0.1) is 12.8 Å². The van der Waals surface area contributed by atoms with Crippen LogP contribution >= 0.6 is 0 Å². The van der Waals surface area contributed by atoms with Gasteiger partial charge >= 0.3 is 0 Å². The second-order valence-electron chi connectivity index (χ2n) is 6.28. The first-order valence-corrected chi connectivity index (χ1v) is 9.12. The molecule has 1 heterocycles. The van der Waals surface area contributed by atoms with Gasteiger partial charge in [-0.2, -0.15) is 0 Å². The highest BCUT2D eigenvalue weighted by Crippen LogP contribution is 2.45. The summed E-state index contributed by atoms with van der Waals surface area (Å²) in [5, 5.41) is 0. The molecule has 0 aromatic heterocycles. The van der Waals surface area contributed by atoms with Crippen molar-refractivity contribution in [3.8, 4) is 0 Å². The molecule has 0 radical (unpaired) electrons. The Kier molecular flexibility index (Phi) is 4.79. The Hall–Kier alpha value is -1.71. The average molecular weight is 326 g/mol. The highest BCUT2D eigenvalue weighted by molar-refractivity contribution is 7.89. The lowest BCUT2D eigenvalue weighted by Gasteiger charge is -2.08. The van der Waals surface area contributed by atoms with Gasteiger partial charge in [-0.05, 0) is 30.5 Å². The van der Waals surface area contributed by atoms with Crippen LogP contribution in [0.5, 0.6) is 0 Å². The van der Waals surface area contributed by atoms with Crippen molar-refractivity contribution >= 4 is 10.8 Å². The van der Waals surface area contributed by atoms with Crippen LogP contribution in [0.1, 0.15) is 31.1 Å². The number of rotatable bonds is 5. The van der Waals surface area contributed by atoms with Gasteiger partial charge < -0.3 is 4.74 Å². The molecule has 1 fully saturated rings. The molecule has 3 rings (SSSR count). The summed E-state index contributed by atoms with van der Waals surface area (Å²) in [6.45, 7) is 6.24. The van der Waals surface area contributed by atoms with Gasteiger partial charge in [0.15, 0.2) is 0 Å². The summed E-state index contributed by atoms with van der Waals surface area (Å²) in [5.41, 5.74) is 2.32. The largest absolute Gasteiger partial charge is 0.359 e. The molecule has 0 bridgehead atoms. The summed E-state index contributed by atoms with van der Waals surface area (Å²) < 4.78 is 18.9. The van der Waals surface area contributed by atoms with Crippen LogP contribution in [-0.4, -0.2) is 10.3 Å². The molecule has 2 aromatic rings. The maximum atomic E-state index is 13.0. The molecule has 120 valence electrons. The van der Waals surface area contributed by atoms with E-state index in [1.165, 1.54) is 5.56 Å². The molecule has 0 N–H and O–H groups in total. The van der Waals surface area contributed by atoms with Gasteiger partial charge in [-0.3, -0.25) is 0 Å². The van der Waals surface area contributed by atoms with Crippen LogP contribution in [0.25, 0.3) is 0 Å². The van der Waals surface area contributed by atoms with Crippen molar-refractivity contribution in [2.75, 3.05) is 0 Å². The molecule has 0 spiro atoms. The Labute approximate surface area is 140 Å². The third-order valence-corrected chi connectivity index (χ3v) is 5.34. The minimum Gasteiger partial charge on any atom is -0.359 e. The maximum absolute atomic E-state index is 13.0. The average Bonchev–Trinajstić information content (AvgIpc) is 3.34. The lowest BCUT2D eigenvalue weighted by molar-refractivity contribution is 0.391. The minimum atomic E-state index is -1.18. The highest BCUT2D eigenvalue weighted by atomic mass is 32.2. The van der Waals surface area contributed by atoms with Gasteiger partial charge in [-0.15, -0.1) is 0 Å². The summed E-state index contributed by atoms with van der Waals surface area (Å²) in [7, 11) is -1.18. The zero-order valence-electron chi connectivity index (χ0n) is 13.7. The Morgan fingerprint density at radius 3 is 2.35 bits per heavy atom. The quantitative estimate of drug-likeness (QED) is 0.740. The monoisotopic (exact) mass is 326 g/mol. The summed E-state index contributed by atoms with van der Waals surface area (Å²) in [6, 6.07) is 18.0.